The Balaban J connectivity index is 1.48. The average molecular weight is 368 g/mol. The Morgan fingerprint density at radius 2 is 2.15 bits per heavy atom. The Morgan fingerprint density at radius 1 is 1.27 bits per heavy atom. The molecule has 26 heavy (non-hydrogen) atoms. The molecule has 0 aliphatic carbocycles. The van der Waals surface area contributed by atoms with E-state index >= 15 is 0 Å². The smallest absolute Gasteiger partial charge is 0.261 e. The minimum atomic E-state index is -0.256. The number of carbonyl (C=O) groups excluding carboxylic acids is 1. The summed E-state index contributed by atoms with van der Waals surface area (Å²) in [6, 6.07) is 10.7. The van der Waals surface area contributed by atoms with Gasteiger partial charge in [-0.2, -0.15) is 11.8 Å². The topological polar surface area (TPSA) is 94.8 Å². The predicted molar refractivity (Wildman–Crippen MR) is 97.7 cm³/mol. The number of aromatic nitrogens is 5. The molecule has 0 bridgehead atoms. The van der Waals surface area contributed by atoms with Crippen LogP contribution in [0.3, 0.4) is 0 Å². The van der Waals surface area contributed by atoms with Crippen LogP contribution in [0.15, 0.2) is 48.9 Å². The van der Waals surface area contributed by atoms with E-state index in [-0.39, 0.29) is 12.0 Å². The second-order valence-corrected chi connectivity index (χ2v) is 6.86. The zero-order chi connectivity index (χ0) is 17.8. The first kappa shape index (κ1) is 16.5. The van der Waals surface area contributed by atoms with Crippen molar-refractivity contribution >= 4 is 23.4 Å². The van der Waals surface area contributed by atoms with Gasteiger partial charge >= 0.3 is 0 Å². The number of rotatable bonds is 5. The van der Waals surface area contributed by atoms with E-state index in [4.69, 9.17) is 4.74 Å². The molecule has 9 heteroatoms. The molecule has 0 spiro atoms. The van der Waals surface area contributed by atoms with Crippen LogP contribution >= 0.6 is 11.8 Å². The molecule has 3 aromatic rings. The molecule has 1 aliphatic rings. The largest absolute Gasteiger partial charge is 0.473 e. The third-order valence-corrected chi connectivity index (χ3v) is 5.05. The molecule has 0 saturated carbocycles. The van der Waals surface area contributed by atoms with Crippen LogP contribution in [0, 0.1) is 0 Å². The SMILES string of the molecule is O=C(Nc1ccc(-n2cnnn2)cc1)c1cccnc1OC1CCSC1. The maximum atomic E-state index is 12.6. The van der Waals surface area contributed by atoms with Crippen LogP contribution in [-0.4, -0.2) is 48.7 Å². The van der Waals surface area contributed by atoms with Crippen molar-refractivity contribution in [2.45, 2.75) is 12.5 Å². The van der Waals surface area contributed by atoms with Crippen molar-refractivity contribution in [1.29, 1.82) is 0 Å². The first-order valence-corrected chi connectivity index (χ1v) is 9.29. The Labute approximate surface area is 154 Å². The van der Waals surface area contributed by atoms with Crippen molar-refractivity contribution in [3.05, 3.63) is 54.5 Å². The highest BCUT2D eigenvalue weighted by Gasteiger charge is 2.21. The van der Waals surface area contributed by atoms with Crippen LogP contribution in [0.5, 0.6) is 5.88 Å². The third kappa shape index (κ3) is 3.67. The van der Waals surface area contributed by atoms with Crippen molar-refractivity contribution in [1.82, 2.24) is 25.2 Å². The number of nitrogens with zero attached hydrogens (tertiary/aromatic N) is 5. The molecule has 1 saturated heterocycles. The number of carbonyl (C=O) groups is 1. The summed E-state index contributed by atoms with van der Waals surface area (Å²) in [6.45, 7) is 0. The Kier molecular flexibility index (Phi) is 4.78. The zero-order valence-electron chi connectivity index (χ0n) is 13.8. The minimum absolute atomic E-state index is 0.108. The molecule has 1 unspecified atom stereocenters. The first-order valence-electron chi connectivity index (χ1n) is 8.14. The number of tetrazole rings is 1. The van der Waals surface area contributed by atoms with Gasteiger partial charge < -0.3 is 10.1 Å². The van der Waals surface area contributed by atoms with Crippen LogP contribution in [0.4, 0.5) is 5.69 Å². The molecule has 132 valence electrons. The van der Waals surface area contributed by atoms with Gasteiger partial charge in [0.15, 0.2) is 0 Å². The molecule has 1 aromatic carbocycles. The normalized spacial score (nSPS) is 16.4. The molecule has 1 atom stereocenters. The number of anilines is 1. The summed E-state index contributed by atoms with van der Waals surface area (Å²) < 4.78 is 7.46. The standard InChI is InChI=1S/C17H16N6O2S/c24-16(15-2-1-8-18-17(15)25-14-7-9-26-10-14)20-12-3-5-13(6-4-12)23-11-19-21-22-23/h1-6,8,11,14H,7,9-10H2,(H,20,24). The number of amides is 1. The van der Waals surface area contributed by atoms with E-state index in [1.54, 1.807) is 30.5 Å². The first-order chi connectivity index (χ1) is 12.8. The molecular weight excluding hydrogens is 352 g/mol. The quantitative estimate of drug-likeness (QED) is 0.737. The fourth-order valence-corrected chi connectivity index (χ4v) is 3.69. The Bertz CT molecular complexity index is 879. The number of benzene rings is 1. The third-order valence-electron chi connectivity index (χ3n) is 3.92. The molecule has 1 aliphatic heterocycles. The van der Waals surface area contributed by atoms with Crippen LogP contribution in [0.1, 0.15) is 16.8 Å². The van der Waals surface area contributed by atoms with Gasteiger partial charge in [-0.1, -0.05) is 0 Å². The number of hydrogen-bond acceptors (Lipinski definition) is 7. The molecule has 2 aromatic heterocycles. The Morgan fingerprint density at radius 3 is 2.88 bits per heavy atom. The van der Waals surface area contributed by atoms with Gasteiger partial charge in [-0.05, 0) is 59.0 Å². The number of pyridine rings is 1. The lowest BCUT2D eigenvalue weighted by molar-refractivity contribution is 0.101. The highest BCUT2D eigenvalue weighted by atomic mass is 32.2. The second-order valence-electron chi connectivity index (χ2n) is 5.71. The van der Waals surface area contributed by atoms with E-state index in [0.717, 1.165) is 23.6 Å². The van der Waals surface area contributed by atoms with Gasteiger partial charge in [0.25, 0.3) is 5.91 Å². The number of nitrogens with one attached hydrogen (secondary N) is 1. The predicted octanol–water partition coefficient (Wildman–Crippen LogP) is 2.19. The second kappa shape index (κ2) is 7.52. The van der Waals surface area contributed by atoms with Crippen LogP contribution in [-0.2, 0) is 0 Å². The molecular formula is C17H16N6O2S. The maximum absolute atomic E-state index is 12.6. The van der Waals surface area contributed by atoms with E-state index in [0.29, 0.717) is 17.1 Å². The lowest BCUT2D eigenvalue weighted by atomic mass is 10.2. The molecule has 0 radical (unpaired) electrons. The number of hydrogen-bond donors (Lipinski definition) is 1. The Hall–Kier alpha value is -2.94. The highest BCUT2D eigenvalue weighted by Crippen LogP contribution is 2.25. The van der Waals surface area contributed by atoms with Crippen molar-refractivity contribution in [3.63, 3.8) is 0 Å². The van der Waals surface area contributed by atoms with Gasteiger partial charge in [-0.15, -0.1) is 5.10 Å². The van der Waals surface area contributed by atoms with Crippen molar-refractivity contribution in [2.24, 2.45) is 0 Å². The van der Waals surface area contributed by atoms with E-state index in [2.05, 4.69) is 25.8 Å². The van der Waals surface area contributed by atoms with Gasteiger partial charge in [0.05, 0.1) is 5.69 Å². The molecule has 8 nitrogen and oxygen atoms in total. The van der Waals surface area contributed by atoms with E-state index < -0.39 is 0 Å². The summed E-state index contributed by atoms with van der Waals surface area (Å²) in [5.74, 6) is 2.12. The minimum Gasteiger partial charge on any atom is -0.473 e. The maximum Gasteiger partial charge on any atom is 0.261 e. The van der Waals surface area contributed by atoms with Gasteiger partial charge in [0.1, 0.15) is 18.0 Å². The summed E-state index contributed by atoms with van der Waals surface area (Å²) in [5, 5.41) is 13.9. The summed E-state index contributed by atoms with van der Waals surface area (Å²) in [6.07, 6.45) is 4.22. The van der Waals surface area contributed by atoms with Crippen molar-refractivity contribution in [3.8, 4) is 11.6 Å². The van der Waals surface area contributed by atoms with Gasteiger partial charge in [0, 0.05) is 17.6 Å². The monoisotopic (exact) mass is 368 g/mol. The van der Waals surface area contributed by atoms with Gasteiger partial charge in [-0.25, -0.2) is 9.67 Å². The lowest BCUT2D eigenvalue weighted by Crippen LogP contribution is -2.20. The van der Waals surface area contributed by atoms with E-state index in [9.17, 15) is 4.79 Å². The van der Waals surface area contributed by atoms with Crippen LogP contribution in [0.2, 0.25) is 0 Å². The molecule has 1 N–H and O–H groups in total. The number of thioether (sulfide) groups is 1. The van der Waals surface area contributed by atoms with Crippen LogP contribution in [0.25, 0.3) is 5.69 Å². The fourth-order valence-electron chi connectivity index (χ4n) is 2.60. The average Bonchev–Trinajstić information content (AvgIpc) is 3.37. The van der Waals surface area contributed by atoms with E-state index in [1.807, 2.05) is 23.9 Å². The zero-order valence-corrected chi connectivity index (χ0v) is 14.6. The molecule has 1 amide bonds. The van der Waals surface area contributed by atoms with Gasteiger partial charge in [0.2, 0.25) is 5.88 Å². The van der Waals surface area contributed by atoms with Crippen LogP contribution < -0.4 is 10.1 Å². The highest BCUT2D eigenvalue weighted by molar-refractivity contribution is 7.99. The summed E-state index contributed by atoms with van der Waals surface area (Å²) in [5.41, 5.74) is 1.89. The van der Waals surface area contributed by atoms with Crippen molar-refractivity contribution in [2.75, 3.05) is 16.8 Å². The summed E-state index contributed by atoms with van der Waals surface area (Å²) in [4.78, 5) is 16.9. The van der Waals surface area contributed by atoms with Crippen molar-refractivity contribution < 1.29 is 9.53 Å². The van der Waals surface area contributed by atoms with E-state index in [1.165, 1.54) is 11.0 Å². The number of ether oxygens (including phenoxy) is 1. The molecule has 1 fully saturated rings. The lowest BCUT2D eigenvalue weighted by Gasteiger charge is -2.14. The summed E-state index contributed by atoms with van der Waals surface area (Å²) in [7, 11) is 0. The molecule has 4 rings (SSSR count). The van der Waals surface area contributed by atoms with Gasteiger partial charge in [-0.3, -0.25) is 4.79 Å². The summed E-state index contributed by atoms with van der Waals surface area (Å²) >= 11 is 1.85. The fraction of sp³-hybridized carbons (Fsp3) is 0.235. The molecule has 3 heterocycles.